The molecule has 0 radical (unpaired) electrons. The summed E-state index contributed by atoms with van der Waals surface area (Å²) in [5, 5.41) is 2.71. The van der Waals surface area contributed by atoms with E-state index >= 15 is 0 Å². The molecule has 100 valence electrons. The second-order valence-electron chi connectivity index (χ2n) is 5.52. The average Bonchev–Trinajstić information content (AvgIpc) is 2.88. The van der Waals surface area contributed by atoms with E-state index in [4.69, 9.17) is 22.1 Å². The van der Waals surface area contributed by atoms with Crippen molar-refractivity contribution in [1.29, 1.82) is 0 Å². The number of benzene rings is 1. The molecule has 0 fully saturated rings. The van der Waals surface area contributed by atoms with E-state index in [1.165, 1.54) is 5.56 Å². The molecule has 2 N–H and O–H groups in total. The van der Waals surface area contributed by atoms with Crippen molar-refractivity contribution in [3.63, 3.8) is 0 Å². The third kappa shape index (κ3) is 2.38. The van der Waals surface area contributed by atoms with Crippen LogP contribution in [0.3, 0.4) is 0 Å². The van der Waals surface area contributed by atoms with Gasteiger partial charge in [0.15, 0.2) is 0 Å². The zero-order chi connectivity index (χ0) is 13.6. The molecule has 1 aliphatic rings. The third-order valence-electron chi connectivity index (χ3n) is 3.37. The van der Waals surface area contributed by atoms with Crippen LogP contribution in [0.4, 0.5) is 0 Å². The van der Waals surface area contributed by atoms with Crippen LogP contribution in [0.25, 0.3) is 0 Å². The summed E-state index contributed by atoms with van der Waals surface area (Å²) in [6.07, 6.45) is 0.918. The molecule has 0 saturated carbocycles. The van der Waals surface area contributed by atoms with E-state index in [0.29, 0.717) is 0 Å². The Morgan fingerprint density at radius 3 is 2.84 bits per heavy atom. The topological polar surface area (TPSA) is 35.2 Å². The molecule has 4 heteroatoms. The van der Waals surface area contributed by atoms with Gasteiger partial charge in [0.1, 0.15) is 11.4 Å². The van der Waals surface area contributed by atoms with Crippen LogP contribution in [0.5, 0.6) is 5.75 Å². The van der Waals surface area contributed by atoms with E-state index in [-0.39, 0.29) is 11.6 Å². The summed E-state index contributed by atoms with van der Waals surface area (Å²) in [4.78, 5) is 1.01. The van der Waals surface area contributed by atoms with E-state index < -0.39 is 0 Å². The first-order chi connectivity index (χ1) is 8.96. The van der Waals surface area contributed by atoms with Gasteiger partial charge in [-0.1, -0.05) is 23.7 Å². The molecule has 1 atom stereocenters. The van der Waals surface area contributed by atoms with Crippen molar-refractivity contribution in [3.8, 4) is 5.75 Å². The van der Waals surface area contributed by atoms with Gasteiger partial charge < -0.3 is 10.5 Å². The first-order valence-electron chi connectivity index (χ1n) is 6.26. The number of hydrogen-bond donors (Lipinski definition) is 1. The highest BCUT2D eigenvalue weighted by atomic mass is 35.5. The predicted octanol–water partition coefficient (Wildman–Crippen LogP) is 4.16. The Hall–Kier alpha value is -1.03. The zero-order valence-corrected chi connectivity index (χ0v) is 12.5. The van der Waals surface area contributed by atoms with Crippen molar-refractivity contribution in [2.24, 2.45) is 5.73 Å². The second kappa shape index (κ2) is 4.51. The molecule has 1 aromatic heterocycles. The molecule has 1 aliphatic heterocycles. The van der Waals surface area contributed by atoms with Gasteiger partial charge in [0, 0.05) is 11.3 Å². The Labute approximate surface area is 122 Å². The molecule has 2 heterocycles. The lowest BCUT2D eigenvalue weighted by atomic mass is 9.97. The van der Waals surface area contributed by atoms with Crippen LogP contribution in [-0.2, 0) is 6.42 Å². The molecular weight excluding hydrogens is 278 g/mol. The van der Waals surface area contributed by atoms with Gasteiger partial charge in [0.25, 0.3) is 0 Å². The van der Waals surface area contributed by atoms with Crippen LogP contribution in [0.1, 0.15) is 35.9 Å². The fraction of sp³-hybridized carbons (Fsp3) is 0.333. The van der Waals surface area contributed by atoms with Crippen LogP contribution in [0.15, 0.2) is 29.6 Å². The van der Waals surface area contributed by atoms with Crippen LogP contribution in [-0.4, -0.2) is 5.60 Å². The lowest BCUT2D eigenvalue weighted by molar-refractivity contribution is 0.138. The molecule has 1 unspecified atom stereocenters. The van der Waals surface area contributed by atoms with E-state index in [0.717, 1.165) is 27.6 Å². The fourth-order valence-electron chi connectivity index (χ4n) is 2.50. The minimum atomic E-state index is -0.165. The van der Waals surface area contributed by atoms with Crippen molar-refractivity contribution in [1.82, 2.24) is 0 Å². The van der Waals surface area contributed by atoms with Crippen LogP contribution < -0.4 is 10.5 Å². The molecule has 0 aliphatic carbocycles. The Morgan fingerprint density at radius 1 is 1.37 bits per heavy atom. The Balaban J connectivity index is 1.94. The highest BCUT2D eigenvalue weighted by molar-refractivity contribution is 7.10. The van der Waals surface area contributed by atoms with Gasteiger partial charge in [-0.25, -0.2) is 0 Å². The summed E-state index contributed by atoms with van der Waals surface area (Å²) in [5.41, 5.74) is 8.50. The quantitative estimate of drug-likeness (QED) is 0.902. The van der Waals surface area contributed by atoms with Crippen molar-refractivity contribution in [2.75, 3.05) is 0 Å². The van der Waals surface area contributed by atoms with Gasteiger partial charge >= 0.3 is 0 Å². The summed E-state index contributed by atoms with van der Waals surface area (Å²) in [7, 11) is 0. The van der Waals surface area contributed by atoms with E-state index in [9.17, 15) is 0 Å². The molecule has 0 saturated heterocycles. The summed E-state index contributed by atoms with van der Waals surface area (Å²) < 4.78 is 5.88. The smallest absolute Gasteiger partial charge is 0.123 e. The molecule has 0 amide bonds. The lowest BCUT2D eigenvalue weighted by Crippen LogP contribution is -2.24. The maximum Gasteiger partial charge on any atom is 0.123 e. The number of thiophene rings is 1. The Bertz CT molecular complexity index is 620. The molecule has 19 heavy (non-hydrogen) atoms. The van der Waals surface area contributed by atoms with Gasteiger partial charge in [-0.15, -0.1) is 11.3 Å². The third-order valence-corrected chi connectivity index (χ3v) is 4.81. The van der Waals surface area contributed by atoms with E-state index in [1.54, 1.807) is 11.3 Å². The van der Waals surface area contributed by atoms with Gasteiger partial charge in [0.05, 0.1) is 11.1 Å². The SMILES string of the molecule is CC1(C)Cc2cc(C(N)c3sccc3Cl)ccc2O1. The molecule has 2 nitrogen and oxygen atoms in total. The number of hydrogen-bond acceptors (Lipinski definition) is 3. The molecule has 0 spiro atoms. The Kier molecular flexibility index (Phi) is 3.08. The normalized spacial score (nSPS) is 17.9. The zero-order valence-electron chi connectivity index (χ0n) is 10.9. The Morgan fingerprint density at radius 2 is 2.16 bits per heavy atom. The maximum atomic E-state index is 6.31. The minimum absolute atomic E-state index is 0.119. The summed E-state index contributed by atoms with van der Waals surface area (Å²) in [5.74, 6) is 0.971. The van der Waals surface area contributed by atoms with Crippen LogP contribution >= 0.6 is 22.9 Å². The van der Waals surface area contributed by atoms with E-state index in [2.05, 4.69) is 19.9 Å². The summed E-state index contributed by atoms with van der Waals surface area (Å²) in [6.45, 7) is 4.20. The van der Waals surface area contributed by atoms with Gasteiger partial charge in [-0.05, 0) is 42.5 Å². The van der Waals surface area contributed by atoms with Crippen molar-refractivity contribution in [2.45, 2.75) is 31.9 Å². The number of nitrogens with two attached hydrogens (primary N) is 1. The molecule has 1 aromatic carbocycles. The van der Waals surface area contributed by atoms with Gasteiger partial charge in [-0.3, -0.25) is 0 Å². The lowest BCUT2D eigenvalue weighted by Gasteiger charge is -2.16. The second-order valence-corrected chi connectivity index (χ2v) is 6.87. The highest BCUT2D eigenvalue weighted by Gasteiger charge is 2.30. The van der Waals surface area contributed by atoms with Crippen LogP contribution in [0.2, 0.25) is 5.02 Å². The predicted molar refractivity (Wildman–Crippen MR) is 80.2 cm³/mol. The molecular formula is C15H16ClNOS. The number of fused-ring (bicyclic) bond motifs is 1. The molecule has 2 aromatic rings. The number of halogens is 1. The van der Waals surface area contributed by atoms with Gasteiger partial charge in [0.2, 0.25) is 0 Å². The highest BCUT2D eigenvalue weighted by Crippen LogP contribution is 2.38. The van der Waals surface area contributed by atoms with Crippen molar-refractivity contribution >= 4 is 22.9 Å². The fourth-order valence-corrected chi connectivity index (χ4v) is 3.70. The maximum absolute atomic E-state index is 6.31. The van der Waals surface area contributed by atoms with Crippen molar-refractivity contribution in [3.05, 3.63) is 50.7 Å². The largest absolute Gasteiger partial charge is 0.487 e. The summed E-state index contributed by atoms with van der Waals surface area (Å²) >= 11 is 7.75. The average molecular weight is 294 g/mol. The standard InChI is InChI=1S/C15H16ClNOS/c1-15(2)8-10-7-9(3-4-12(10)18-15)13(17)14-11(16)5-6-19-14/h3-7,13H,8,17H2,1-2H3. The first-order valence-corrected chi connectivity index (χ1v) is 7.52. The van der Waals surface area contributed by atoms with E-state index in [1.807, 2.05) is 23.6 Å². The van der Waals surface area contributed by atoms with Crippen LogP contribution in [0, 0.1) is 0 Å². The number of ether oxygens (including phenoxy) is 1. The molecule has 0 bridgehead atoms. The minimum Gasteiger partial charge on any atom is -0.487 e. The van der Waals surface area contributed by atoms with Crippen molar-refractivity contribution < 1.29 is 4.74 Å². The number of rotatable bonds is 2. The first kappa shape index (κ1) is 13.0. The molecule has 3 rings (SSSR count). The summed E-state index contributed by atoms with van der Waals surface area (Å²) in [6, 6.07) is 7.91. The monoisotopic (exact) mass is 293 g/mol. The van der Waals surface area contributed by atoms with Gasteiger partial charge in [-0.2, -0.15) is 0 Å².